The number of rotatable bonds is 5. The highest BCUT2D eigenvalue weighted by atomic mass is 127. The predicted octanol–water partition coefficient (Wildman–Crippen LogP) is 3.09. The van der Waals surface area contributed by atoms with Gasteiger partial charge in [0.25, 0.3) is 0 Å². The third kappa shape index (κ3) is 7.09. The average molecular weight is 519 g/mol. The molecule has 0 bridgehead atoms. The van der Waals surface area contributed by atoms with Crippen molar-refractivity contribution in [1.82, 2.24) is 20.5 Å². The zero-order chi connectivity index (χ0) is 19.3. The molecule has 1 atom stereocenters. The smallest absolute Gasteiger partial charge is 0.357 e. The van der Waals surface area contributed by atoms with Crippen molar-refractivity contribution in [2.24, 2.45) is 10.9 Å². The molecule has 1 aliphatic heterocycles. The fourth-order valence-corrected chi connectivity index (χ4v) is 3.34. The molecular formula is C16H25F3IN5OS. The molecule has 1 saturated heterocycles. The van der Waals surface area contributed by atoms with E-state index in [2.05, 4.69) is 20.6 Å². The number of nitrogens with zero attached hydrogens (tertiary/aromatic N) is 3. The van der Waals surface area contributed by atoms with Gasteiger partial charge in [0.1, 0.15) is 5.01 Å². The lowest BCUT2D eigenvalue weighted by molar-refractivity contribution is -0.140. The Morgan fingerprint density at radius 1 is 1.48 bits per heavy atom. The number of carbonyl (C=O) groups excluding carboxylic acids is 1. The first-order valence-electron chi connectivity index (χ1n) is 8.56. The van der Waals surface area contributed by atoms with Crippen LogP contribution in [0.1, 0.15) is 37.9 Å². The summed E-state index contributed by atoms with van der Waals surface area (Å²) < 4.78 is 37.8. The normalized spacial score (nSPS) is 17.8. The van der Waals surface area contributed by atoms with E-state index in [-0.39, 0.29) is 48.4 Å². The molecule has 2 N–H and O–H groups in total. The van der Waals surface area contributed by atoms with Crippen molar-refractivity contribution in [3.63, 3.8) is 0 Å². The van der Waals surface area contributed by atoms with Crippen molar-refractivity contribution in [3.8, 4) is 0 Å². The number of hydrogen-bond donors (Lipinski definition) is 2. The SMILES string of the molecule is CCNC(=NCc1nc(C(F)(F)F)cs1)NC1CCN(C(=O)C(C)C)C1.I. The minimum atomic E-state index is -4.43. The average Bonchev–Trinajstić information content (AvgIpc) is 3.21. The van der Waals surface area contributed by atoms with Crippen LogP contribution in [0.3, 0.4) is 0 Å². The number of guanidine groups is 1. The lowest BCUT2D eigenvalue weighted by atomic mass is 10.2. The lowest BCUT2D eigenvalue weighted by Gasteiger charge is -2.20. The van der Waals surface area contributed by atoms with Crippen molar-refractivity contribution in [2.45, 2.75) is 46.0 Å². The molecule has 1 amide bonds. The molecular weight excluding hydrogens is 494 g/mol. The molecule has 0 spiro atoms. The number of likely N-dealkylation sites (tertiary alicyclic amines) is 1. The number of aliphatic imine (C=N–C) groups is 1. The van der Waals surface area contributed by atoms with E-state index < -0.39 is 11.9 Å². The Hall–Kier alpha value is -1.11. The predicted molar refractivity (Wildman–Crippen MR) is 110 cm³/mol. The highest BCUT2D eigenvalue weighted by Gasteiger charge is 2.33. The largest absolute Gasteiger partial charge is 0.434 e. The third-order valence-electron chi connectivity index (χ3n) is 3.89. The van der Waals surface area contributed by atoms with E-state index in [1.807, 2.05) is 25.7 Å². The van der Waals surface area contributed by atoms with Crippen LogP contribution in [0, 0.1) is 5.92 Å². The Balaban J connectivity index is 0.00000364. The minimum Gasteiger partial charge on any atom is -0.357 e. The summed E-state index contributed by atoms with van der Waals surface area (Å²) in [5.74, 6) is 0.599. The highest BCUT2D eigenvalue weighted by Crippen LogP contribution is 2.30. The molecule has 0 saturated carbocycles. The van der Waals surface area contributed by atoms with Gasteiger partial charge in [-0.1, -0.05) is 13.8 Å². The number of aromatic nitrogens is 1. The maximum atomic E-state index is 12.6. The number of amides is 1. The van der Waals surface area contributed by atoms with Gasteiger partial charge in [-0.25, -0.2) is 9.98 Å². The second kappa shape index (κ2) is 10.4. The van der Waals surface area contributed by atoms with Crippen LogP contribution in [0.15, 0.2) is 10.4 Å². The van der Waals surface area contributed by atoms with Crippen molar-refractivity contribution in [1.29, 1.82) is 0 Å². The summed E-state index contributed by atoms with van der Waals surface area (Å²) in [4.78, 5) is 21.8. The zero-order valence-corrected chi connectivity index (χ0v) is 18.6. The van der Waals surface area contributed by atoms with E-state index >= 15 is 0 Å². The molecule has 27 heavy (non-hydrogen) atoms. The van der Waals surface area contributed by atoms with Gasteiger partial charge < -0.3 is 15.5 Å². The van der Waals surface area contributed by atoms with Gasteiger partial charge in [-0.15, -0.1) is 35.3 Å². The van der Waals surface area contributed by atoms with E-state index in [0.717, 1.165) is 23.1 Å². The number of carbonyl (C=O) groups is 1. The van der Waals surface area contributed by atoms with E-state index in [1.54, 1.807) is 0 Å². The van der Waals surface area contributed by atoms with Crippen LogP contribution in [0.25, 0.3) is 0 Å². The zero-order valence-electron chi connectivity index (χ0n) is 15.5. The first kappa shape index (κ1) is 23.9. The van der Waals surface area contributed by atoms with Crippen LogP contribution in [0.2, 0.25) is 0 Å². The van der Waals surface area contributed by atoms with E-state index in [9.17, 15) is 18.0 Å². The first-order chi connectivity index (χ1) is 12.2. The standard InChI is InChI=1S/C16H24F3N5OS.HI/c1-4-20-15(21-7-13-23-12(9-26-13)16(17,18)19)22-11-5-6-24(8-11)14(25)10(2)3;/h9-11H,4-8H2,1-3H3,(H2,20,21,22);1H. The molecule has 2 rings (SSSR count). The molecule has 6 nitrogen and oxygen atoms in total. The molecule has 0 aromatic carbocycles. The second-order valence-corrected chi connectivity index (χ2v) is 7.33. The van der Waals surface area contributed by atoms with Crippen LogP contribution in [0.5, 0.6) is 0 Å². The summed E-state index contributed by atoms with van der Waals surface area (Å²) in [6.45, 7) is 7.63. The summed E-state index contributed by atoms with van der Waals surface area (Å²) in [6, 6.07) is 0.0672. The molecule has 2 heterocycles. The number of hydrogen-bond acceptors (Lipinski definition) is 4. The molecule has 1 aromatic rings. The van der Waals surface area contributed by atoms with Gasteiger partial charge >= 0.3 is 6.18 Å². The summed E-state index contributed by atoms with van der Waals surface area (Å²) in [6.07, 6.45) is -3.63. The molecule has 1 aromatic heterocycles. The van der Waals surface area contributed by atoms with Gasteiger partial charge in [0.05, 0.1) is 6.54 Å². The Morgan fingerprint density at radius 2 is 2.19 bits per heavy atom. The summed E-state index contributed by atoms with van der Waals surface area (Å²) in [5, 5.41) is 7.62. The maximum Gasteiger partial charge on any atom is 0.434 e. The number of alkyl halides is 3. The summed E-state index contributed by atoms with van der Waals surface area (Å²) in [7, 11) is 0. The maximum absolute atomic E-state index is 12.6. The van der Waals surface area contributed by atoms with Crippen molar-refractivity contribution >= 4 is 47.2 Å². The van der Waals surface area contributed by atoms with Gasteiger partial charge in [-0.2, -0.15) is 13.2 Å². The highest BCUT2D eigenvalue weighted by molar-refractivity contribution is 14.0. The van der Waals surface area contributed by atoms with E-state index in [4.69, 9.17) is 0 Å². The molecule has 154 valence electrons. The monoisotopic (exact) mass is 519 g/mol. The lowest BCUT2D eigenvalue weighted by Crippen LogP contribution is -2.45. The van der Waals surface area contributed by atoms with Crippen LogP contribution in [-0.2, 0) is 17.5 Å². The second-order valence-electron chi connectivity index (χ2n) is 6.39. The van der Waals surface area contributed by atoms with Crippen LogP contribution < -0.4 is 10.6 Å². The minimum absolute atomic E-state index is 0. The fraction of sp³-hybridized carbons (Fsp3) is 0.688. The summed E-state index contributed by atoms with van der Waals surface area (Å²) >= 11 is 0.940. The van der Waals surface area contributed by atoms with Crippen LogP contribution >= 0.6 is 35.3 Å². The van der Waals surface area contributed by atoms with Gasteiger partial charge in [0.15, 0.2) is 11.7 Å². The van der Waals surface area contributed by atoms with Crippen molar-refractivity contribution in [2.75, 3.05) is 19.6 Å². The van der Waals surface area contributed by atoms with Gasteiger partial charge in [-0.05, 0) is 13.3 Å². The Labute approximate surface area is 178 Å². The topological polar surface area (TPSA) is 69.6 Å². The van der Waals surface area contributed by atoms with E-state index in [0.29, 0.717) is 30.6 Å². The number of halogens is 4. The van der Waals surface area contributed by atoms with Gasteiger partial charge in [-0.3, -0.25) is 4.79 Å². The Morgan fingerprint density at radius 3 is 2.74 bits per heavy atom. The van der Waals surface area contributed by atoms with Crippen molar-refractivity contribution in [3.05, 3.63) is 16.1 Å². The quantitative estimate of drug-likeness (QED) is 0.357. The Bertz CT molecular complexity index is 650. The van der Waals surface area contributed by atoms with Gasteiger partial charge in [0.2, 0.25) is 5.91 Å². The van der Waals surface area contributed by atoms with E-state index in [1.165, 1.54) is 0 Å². The molecule has 0 radical (unpaired) electrons. The van der Waals surface area contributed by atoms with Crippen LogP contribution in [0.4, 0.5) is 13.2 Å². The third-order valence-corrected chi connectivity index (χ3v) is 4.73. The van der Waals surface area contributed by atoms with Crippen LogP contribution in [-0.4, -0.2) is 47.4 Å². The van der Waals surface area contributed by atoms with Gasteiger partial charge in [0, 0.05) is 37.0 Å². The van der Waals surface area contributed by atoms with Crippen molar-refractivity contribution < 1.29 is 18.0 Å². The molecule has 0 aliphatic carbocycles. The molecule has 1 aliphatic rings. The molecule has 1 fully saturated rings. The summed E-state index contributed by atoms with van der Waals surface area (Å²) in [5.41, 5.74) is -0.885. The molecule has 1 unspecified atom stereocenters. The fourth-order valence-electron chi connectivity index (χ4n) is 2.62. The Kier molecular flexibility index (Phi) is 9.25. The molecule has 11 heteroatoms. The number of nitrogens with one attached hydrogen (secondary N) is 2. The number of thiazole rings is 1. The first-order valence-corrected chi connectivity index (χ1v) is 9.44.